The zero-order valence-corrected chi connectivity index (χ0v) is 11.8. The number of hydrogen-bond donors (Lipinski definition) is 1. The number of carbonyl (C=O) groups excluding carboxylic acids is 1. The van der Waals surface area contributed by atoms with Gasteiger partial charge in [-0.05, 0) is 26.0 Å². The minimum atomic E-state index is -0.316. The first-order valence-electron chi connectivity index (χ1n) is 5.91. The summed E-state index contributed by atoms with van der Waals surface area (Å²) >= 11 is 1.45. The smallest absolute Gasteiger partial charge is 0.323 e. The van der Waals surface area contributed by atoms with Gasteiger partial charge in [0.25, 0.3) is 0 Å². The summed E-state index contributed by atoms with van der Waals surface area (Å²) in [6.07, 6.45) is 2.69. The molecular formula is C12H19N3O2S. The number of ether oxygens (including phenoxy) is 1. The van der Waals surface area contributed by atoms with Gasteiger partial charge in [-0.1, -0.05) is 18.7 Å². The number of nitrogens with zero attached hydrogens (tertiary/aromatic N) is 2. The van der Waals surface area contributed by atoms with Crippen molar-refractivity contribution in [2.24, 2.45) is 0 Å². The Kier molecular flexibility index (Phi) is 6.67. The van der Waals surface area contributed by atoms with E-state index in [2.05, 4.69) is 22.2 Å². The van der Waals surface area contributed by atoms with E-state index in [-0.39, 0.29) is 12.0 Å². The molecule has 0 aromatic carbocycles. The van der Waals surface area contributed by atoms with Gasteiger partial charge >= 0.3 is 5.97 Å². The normalized spacial score (nSPS) is 12.2. The zero-order valence-electron chi connectivity index (χ0n) is 11.0. The Labute approximate surface area is 112 Å². The Morgan fingerprint density at radius 3 is 3.00 bits per heavy atom. The molecule has 0 bridgehead atoms. The van der Waals surface area contributed by atoms with Crippen molar-refractivity contribution in [2.45, 2.75) is 31.5 Å². The van der Waals surface area contributed by atoms with Crippen LogP contribution in [0.15, 0.2) is 17.4 Å². The van der Waals surface area contributed by atoms with Crippen LogP contribution in [0.25, 0.3) is 0 Å². The molecule has 0 amide bonds. The minimum absolute atomic E-state index is 0.247. The molecule has 1 N–H and O–H groups in total. The lowest BCUT2D eigenvalue weighted by Gasteiger charge is -2.15. The van der Waals surface area contributed by atoms with Gasteiger partial charge in [-0.2, -0.15) is 0 Å². The van der Waals surface area contributed by atoms with Gasteiger partial charge in [0.15, 0.2) is 5.16 Å². The van der Waals surface area contributed by atoms with Crippen molar-refractivity contribution in [3.8, 4) is 0 Å². The molecule has 0 fully saturated rings. The highest BCUT2D eigenvalue weighted by atomic mass is 32.2. The lowest BCUT2D eigenvalue weighted by molar-refractivity contribution is -0.142. The average Bonchev–Trinajstić information content (AvgIpc) is 2.38. The fourth-order valence-corrected chi connectivity index (χ4v) is 2.24. The van der Waals surface area contributed by atoms with E-state index in [4.69, 9.17) is 4.74 Å². The van der Waals surface area contributed by atoms with Crippen molar-refractivity contribution in [3.05, 3.63) is 18.0 Å². The van der Waals surface area contributed by atoms with Gasteiger partial charge in [-0.25, -0.2) is 9.97 Å². The molecule has 18 heavy (non-hydrogen) atoms. The molecule has 5 nitrogen and oxygen atoms in total. The molecule has 1 unspecified atom stereocenters. The molecule has 100 valence electrons. The second-order valence-electron chi connectivity index (χ2n) is 3.82. The number of aromatic nitrogens is 2. The summed E-state index contributed by atoms with van der Waals surface area (Å²) < 4.78 is 4.77. The second-order valence-corrected chi connectivity index (χ2v) is 4.81. The van der Waals surface area contributed by atoms with E-state index in [1.807, 2.05) is 13.0 Å². The summed E-state index contributed by atoms with van der Waals surface area (Å²) in [4.78, 5) is 20.0. The Balaban J connectivity index is 2.53. The summed E-state index contributed by atoms with van der Waals surface area (Å²) in [5.74, 6) is 0.319. The molecule has 0 aliphatic heterocycles. The van der Waals surface area contributed by atoms with Gasteiger partial charge in [0.1, 0.15) is 6.04 Å². The monoisotopic (exact) mass is 269 g/mol. The fourth-order valence-electron chi connectivity index (χ4n) is 1.32. The van der Waals surface area contributed by atoms with Crippen molar-refractivity contribution in [1.82, 2.24) is 15.3 Å². The molecule has 0 radical (unpaired) electrons. The van der Waals surface area contributed by atoms with Gasteiger partial charge in [0.2, 0.25) is 0 Å². The molecule has 1 aromatic heterocycles. The maximum atomic E-state index is 11.6. The number of nitrogens with one attached hydrogen (secondary N) is 1. The highest BCUT2D eigenvalue weighted by Gasteiger charge is 2.18. The van der Waals surface area contributed by atoms with Crippen LogP contribution in [0.5, 0.6) is 0 Å². The Morgan fingerprint density at radius 2 is 2.39 bits per heavy atom. The molecule has 1 atom stereocenters. The Morgan fingerprint density at radius 1 is 1.61 bits per heavy atom. The Bertz CT molecular complexity index is 387. The van der Waals surface area contributed by atoms with Crippen LogP contribution >= 0.6 is 11.8 Å². The summed E-state index contributed by atoms with van der Waals surface area (Å²) in [6.45, 7) is 4.76. The third-order valence-corrected chi connectivity index (χ3v) is 3.23. The topological polar surface area (TPSA) is 64.1 Å². The number of thioether (sulfide) groups is 1. The van der Waals surface area contributed by atoms with E-state index in [0.29, 0.717) is 10.9 Å². The largest absolute Gasteiger partial charge is 0.468 e. The maximum Gasteiger partial charge on any atom is 0.323 e. The second kappa shape index (κ2) is 8.05. The molecule has 0 aliphatic rings. The average molecular weight is 269 g/mol. The zero-order chi connectivity index (χ0) is 13.4. The summed E-state index contributed by atoms with van der Waals surface area (Å²) in [7, 11) is 1.40. The first-order chi connectivity index (χ1) is 8.67. The first-order valence-corrected chi connectivity index (χ1v) is 6.89. The van der Waals surface area contributed by atoms with Gasteiger partial charge in [0.05, 0.1) is 7.11 Å². The maximum absolute atomic E-state index is 11.6. The van der Waals surface area contributed by atoms with Crippen LogP contribution in [0, 0.1) is 6.92 Å². The number of methoxy groups -OCH3 is 1. The lowest BCUT2D eigenvalue weighted by atomic mass is 10.3. The van der Waals surface area contributed by atoms with Gasteiger partial charge in [-0.3, -0.25) is 4.79 Å². The Hall–Kier alpha value is -1.14. The predicted molar refractivity (Wildman–Crippen MR) is 71.6 cm³/mol. The van der Waals surface area contributed by atoms with Crippen LogP contribution in [-0.2, 0) is 9.53 Å². The molecule has 6 heteroatoms. The third kappa shape index (κ3) is 5.01. The molecule has 0 saturated carbocycles. The molecule has 1 heterocycles. The van der Waals surface area contributed by atoms with E-state index in [9.17, 15) is 4.79 Å². The number of carbonyl (C=O) groups is 1. The fraction of sp³-hybridized carbons (Fsp3) is 0.583. The van der Waals surface area contributed by atoms with Crippen molar-refractivity contribution in [1.29, 1.82) is 0 Å². The van der Waals surface area contributed by atoms with E-state index >= 15 is 0 Å². The summed E-state index contributed by atoms with van der Waals surface area (Å²) in [5, 5.41) is 3.84. The standard InChI is InChI=1S/C12H19N3O2S/c1-4-6-13-10(11(16)17-3)8-18-12-14-7-5-9(2)15-12/h5,7,10,13H,4,6,8H2,1-3H3. The highest BCUT2D eigenvalue weighted by molar-refractivity contribution is 7.99. The lowest BCUT2D eigenvalue weighted by Crippen LogP contribution is -2.40. The van der Waals surface area contributed by atoms with Crippen LogP contribution in [0.1, 0.15) is 19.0 Å². The number of aryl methyl sites for hydroxylation is 1. The number of esters is 1. The molecular weight excluding hydrogens is 250 g/mol. The molecule has 0 aliphatic carbocycles. The third-order valence-electron chi connectivity index (χ3n) is 2.28. The first kappa shape index (κ1) is 14.9. The number of hydrogen-bond acceptors (Lipinski definition) is 6. The van der Waals surface area contributed by atoms with E-state index < -0.39 is 0 Å². The molecule has 1 aromatic rings. The van der Waals surface area contributed by atoms with Gasteiger partial charge in [-0.15, -0.1) is 0 Å². The van der Waals surface area contributed by atoms with Crippen molar-refractivity contribution in [3.63, 3.8) is 0 Å². The SMILES string of the molecule is CCCNC(CSc1nccc(C)n1)C(=O)OC. The van der Waals surface area contributed by atoms with Crippen LogP contribution in [0.4, 0.5) is 0 Å². The highest BCUT2D eigenvalue weighted by Crippen LogP contribution is 2.14. The van der Waals surface area contributed by atoms with Crippen molar-refractivity contribution < 1.29 is 9.53 Å². The van der Waals surface area contributed by atoms with Gasteiger partial charge < -0.3 is 10.1 Å². The molecule has 0 saturated heterocycles. The quantitative estimate of drug-likeness (QED) is 0.459. The van der Waals surface area contributed by atoms with Crippen LogP contribution in [-0.4, -0.2) is 41.4 Å². The van der Waals surface area contributed by atoms with Crippen molar-refractivity contribution >= 4 is 17.7 Å². The van der Waals surface area contributed by atoms with E-state index in [1.54, 1.807) is 6.20 Å². The minimum Gasteiger partial charge on any atom is -0.468 e. The van der Waals surface area contributed by atoms with E-state index in [0.717, 1.165) is 18.7 Å². The summed E-state index contributed by atoms with van der Waals surface area (Å²) in [6, 6.07) is 1.53. The molecule has 0 spiro atoms. The molecule has 1 rings (SSSR count). The van der Waals surface area contributed by atoms with E-state index in [1.165, 1.54) is 18.9 Å². The van der Waals surface area contributed by atoms with Gasteiger partial charge in [0, 0.05) is 17.6 Å². The number of rotatable bonds is 7. The predicted octanol–water partition coefficient (Wildman–Crippen LogP) is 1.42. The van der Waals surface area contributed by atoms with Crippen LogP contribution < -0.4 is 5.32 Å². The summed E-state index contributed by atoms with van der Waals surface area (Å²) in [5.41, 5.74) is 0.920. The van der Waals surface area contributed by atoms with Crippen LogP contribution in [0.3, 0.4) is 0 Å². The van der Waals surface area contributed by atoms with Crippen LogP contribution in [0.2, 0.25) is 0 Å². The van der Waals surface area contributed by atoms with Crippen molar-refractivity contribution in [2.75, 3.05) is 19.4 Å².